The Morgan fingerprint density at radius 1 is 0.00971 bits per heavy atom. The van der Waals surface area contributed by atoms with Gasteiger partial charge in [-0.3, -0.25) is 0 Å². The summed E-state index contributed by atoms with van der Waals surface area (Å²) in [5, 5.41) is 0. The maximum absolute atomic E-state index is 0. The monoisotopic (exact) mass is 16400 g/mol. The maximum Gasteiger partial charge on any atom is 0 e. The minimum absolute atomic E-state index is 0. The van der Waals surface area contributed by atoms with Crippen LogP contribution in [-0.4, -0.2) is 0 Å². The molecule has 0 nitrogen and oxygen atoms in total. The minimum atomic E-state index is 0. The van der Waals surface area contributed by atoms with Gasteiger partial charge < -0.3 is 0 Å². The first-order chi connectivity index (χ1) is 0. The zero-order valence-electron chi connectivity index (χ0n) is 34.3. The molecular formula is Tb103. The van der Waals surface area contributed by atoms with Crippen LogP contribution in [0.3, 0.4) is 0 Å². The molecule has 103 heteroatoms. The Morgan fingerprint density at radius 2 is 0.00971 bits per heavy atom. The van der Waals surface area contributed by atoms with Crippen molar-refractivity contribution in [2.45, 2.75) is 0 Å². The van der Waals surface area contributed by atoms with Crippen molar-refractivity contribution in [3.8, 4) is 0 Å². The van der Waals surface area contributed by atoms with E-state index >= 15 is 0 Å². The molecule has 0 aromatic heterocycles. The van der Waals surface area contributed by atoms with Gasteiger partial charge in [-0.2, -0.15) is 0 Å². The second kappa shape index (κ2) is 728. The first-order valence-electron chi connectivity index (χ1n) is 0. The Kier molecular flexibility index (Phi) is 5220. The van der Waals surface area contributed by atoms with Gasteiger partial charge in [0, 0.05) is 3980 Å². The molecule has 0 amide bonds. The first-order valence-corrected chi connectivity index (χ1v) is 0. The number of hydrogen-bond donors (Lipinski definition) is 0. The summed E-state index contributed by atoms with van der Waals surface area (Å²) in [7, 11) is 0. The molecule has 0 aliphatic carbocycles. The van der Waals surface area contributed by atoms with Crippen LogP contribution in [0.15, 0.2) is 0 Å². The number of hydrogen-bond acceptors (Lipinski definition) is 0. The van der Waals surface area contributed by atoms with Crippen molar-refractivity contribution < 1.29 is 3980 Å². The zero-order chi connectivity index (χ0) is 0. The standard InChI is InChI=1S/103Tb. The molecule has 0 aliphatic heterocycles. The van der Waals surface area contributed by atoms with Crippen molar-refractivity contribution in [1.82, 2.24) is 0 Å². The molecule has 0 unspecified atom stereocenters. The van der Waals surface area contributed by atoms with Crippen LogP contribution >= 0.6 is 0 Å². The predicted octanol–water partition coefficient (Wildman–Crippen LogP) is 0. The third-order valence-corrected chi connectivity index (χ3v) is 0. The van der Waals surface area contributed by atoms with Gasteiger partial charge in [0.15, 0.2) is 0 Å². The van der Waals surface area contributed by atoms with E-state index in [2.05, 4.69) is 0 Å². The smallest absolute Gasteiger partial charge is 0 e. The molecule has 0 heterocycles. The third-order valence-electron chi connectivity index (χ3n) is 0. The van der Waals surface area contributed by atoms with Gasteiger partial charge in [-0.1, -0.05) is 0 Å². The van der Waals surface area contributed by atoms with Crippen LogP contribution in [0.1, 0.15) is 0 Å². The van der Waals surface area contributed by atoms with E-state index in [1.165, 1.54) is 0 Å². The second-order valence-electron chi connectivity index (χ2n) is 0. The van der Waals surface area contributed by atoms with Crippen LogP contribution in [0.25, 0.3) is 0 Å². The average molecular weight is 16400 g/mol. The molecule has 103 radical (unpaired) electrons. The van der Waals surface area contributed by atoms with Crippen molar-refractivity contribution >= 4 is 0 Å². The molecule has 0 N–H and O–H groups in total. The summed E-state index contributed by atoms with van der Waals surface area (Å²) in [4.78, 5) is 0. The van der Waals surface area contributed by atoms with Gasteiger partial charge in [-0.15, -0.1) is 0 Å². The predicted molar refractivity (Wildman–Crippen MR) is 0 cm³/mol. The van der Waals surface area contributed by atoms with Gasteiger partial charge in [0.1, 0.15) is 0 Å². The molecule has 0 aliphatic rings. The largest absolute Gasteiger partial charge is 0 e. The number of rotatable bonds is 0. The van der Waals surface area contributed by atoms with E-state index in [9.17, 15) is 0 Å². The van der Waals surface area contributed by atoms with E-state index < -0.39 is 0 Å². The molecule has 0 saturated carbocycles. The van der Waals surface area contributed by atoms with Crippen LogP contribution < -0.4 is 0 Å². The van der Waals surface area contributed by atoms with Crippen molar-refractivity contribution in [1.29, 1.82) is 0 Å². The van der Waals surface area contributed by atoms with E-state index in [4.69, 9.17) is 0 Å². The van der Waals surface area contributed by atoms with Crippen LogP contribution in [0, 0.1) is 3980 Å². The molecule has 927 valence electrons. The molecule has 0 atom stereocenters. The molecule has 0 saturated heterocycles. The van der Waals surface area contributed by atoms with E-state index in [1.807, 2.05) is 0 Å². The van der Waals surface area contributed by atoms with Gasteiger partial charge in [-0.25, -0.2) is 0 Å². The Labute approximate surface area is 3810 Å². The molecule has 0 aromatic rings. The van der Waals surface area contributed by atoms with Gasteiger partial charge >= 0.3 is 0 Å². The molecule has 0 rings (SSSR count). The fraction of sp³-hybridized carbons (Fsp3) is 0. The fourth-order valence-electron chi connectivity index (χ4n) is 0. The second-order valence-corrected chi connectivity index (χ2v) is 0. The Bertz CT molecular complexity index is 0. The van der Waals surface area contributed by atoms with Crippen molar-refractivity contribution in [2.75, 3.05) is 0 Å². The topological polar surface area (TPSA) is 0 Å². The summed E-state index contributed by atoms with van der Waals surface area (Å²) in [5.41, 5.74) is 0. The Morgan fingerprint density at radius 3 is 0.00971 bits per heavy atom. The van der Waals surface area contributed by atoms with E-state index in [0.29, 0.717) is 0 Å². The van der Waals surface area contributed by atoms with Crippen LogP contribution in [0.4, 0.5) is 0 Å². The molecule has 0 fully saturated rings. The fourth-order valence-corrected chi connectivity index (χ4v) is 0. The molecule has 0 bridgehead atoms. The Balaban J connectivity index is 0. The summed E-state index contributed by atoms with van der Waals surface area (Å²) in [5.74, 6) is 0. The third kappa shape index (κ3) is 722. The summed E-state index contributed by atoms with van der Waals surface area (Å²) in [6.45, 7) is 0. The Hall–Kier alpha value is 132. The zero-order valence-corrected chi connectivity index (χ0v) is 255. The SMILES string of the molecule is [Tb].[Tb].[Tb].[Tb].[Tb].[Tb].[Tb].[Tb].[Tb].[Tb].[Tb].[Tb].[Tb].[Tb].[Tb].[Tb].[Tb].[Tb].[Tb].[Tb].[Tb].[Tb].[Tb].[Tb].[Tb].[Tb].[Tb].[Tb].[Tb].[Tb].[Tb].[Tb].[Tb].[Tb].[Tb].[Tb].[Tb].[Tb].[Tb].[Tb].[Tb].[Tb].[Tb].[Tb].[Tb].[Tb].[Tb].[Tb].[Tb].[Tb].[Tb].[Tb].[Tb].[Tb].[Tb].[Tb].[Tb].[Tb].[Tb].[Tb].[Tb].[Tb].[Tb].[Tb].[Tb].[Tb].[Tb].[Tb].[Tb].[Tb].[Tb].[Tb].[Tb].[Tb].[Tb].[Tb].[Tb].[Tb].[Tb].[Tb].[Tb].[Tb].[Tb].[Tb].[Tb].[Tb].[Tb].[Tb].[Tb].[Tb].[Tb].[Tb].[Tb].[Tb].[Tb].[Tb].[Tb].[Tb].[Tb].[Tb].[Tb].[Tb].[Tb]. The quantitative estimate of drug-likeness (QED) is 0.321. The summed E-state index contributed by atoms with van der Waals surface area (Å²) in [6.07, 6.45) is 0. The minimum Gasteiger partial charge on any atom is 0 e. The van der Waals surface area contributed by atoms with E-state index in [0.717, 1.165) is 0 Å². The van der Waals surface area contributed by atoms with E-state index in [1.54, 1.807) is 0 Å². The molecule has 103 heavy (non-hydrogen) atoms. The molecule has 0 spiro atoms. The van der Waals surface area contributed by atoms with E-state index in [-0.39, 0.29) is 3980 Å². The normalized spacial score (nSPS) is 0. The molecule has 0 aromatic carbocycles. The van der Waals surface area contributed by atoms with Gasteiger partial charge in [0.05, 0.1) is 0 Å². The average Bonchev–Trinajstić information content (AvgIpc) is 0. The van der Waals surface area contributed by atoms with Crippen molar-refractivity contribution in [3.63, 3.8) is 0 Å². The van der Waals surface area contributed by atoms with Gasteiger partial charge in [-0.05, 0) is 0 Å². The van der Waals surface area contributed by atoms with Crippen molar-refractivity contribution in [2.24, 2.45) is 0 Å². The molecular weight excluding hydrogens is 16400 g/mol. The van der Waals surface area contributed by atoms with Crippen LogP contribution in [0.5, 0.6) is 0 Å². The van der Waals surface area contributed by atoms with Crippen LogP contribution in [0.2, 0.25) is 0 Å². The van der Waals surface area contributed by atoms with Gasteiger partial charge in [0.25, 0.3) is 0 Å². The van der Waals surface area contributed by atoms with Gasteiger partial charge in [0.2, 0.25) is 0 Å². The summed E-state index contributed by atoms with van der Waals surface area (Å²) < 4.78 is 0. The van der Waals surface area contributed by atoms with Crippen LogP contribution in [-0.2, 0) is 0 Å². The van der Waals surface area contributed by atoms with Crippen molar-refractivity contribution in [3.05, 3.63) is 0 Å². The first kappa shape index (κ1) is 738. The summed E-state index contributed by atoms with van der Waals surface area (Å²) in [6, 6.07) is 0. The summed E-state index contributed by atoms with van der Waals surface area (Å²) >= 11 is 0. The maximum atomic E-state index is 0.